The lowest BCUT2D eigenvalue weighted by atomic mass is 10.1. The van der Waals surface area contributed by atoms with Crippen LogP contribution in [-0.2, 0) is 11.4 Å². The number of para-hydroxylation sites is 1. The summed E-state index contributed by atoms with van der Waals surface area (Å²) in [5.74, 6) is -0.710. The number of ether oxygens (including phenoxy) is 1. The number of rotatable bonds is 5. The fraction of sp³-hybridized carbons (Fsp3) is 0.417. The van der Waals surface area contributed by atoms with Crippen LogP contribution in [0.2, 0.25) is 0 Å². The van der Waals surface area contributed by atoms with Crippen molar-refractivity contribution in [1.29, 1.82) is 0 Å². The number of hydrogen-bond acceptors (Lipinski definition) is 3. The average Bonchev–Trinajstić information content (AvgIpc) is 2.25. The first-order valence-electron chi connectivity index (χ1n) is 5.14. The molecule has 0 amide bonds. The lowest BCUT2D eigenvalue weighted by molar-refractivity contribution is -0.147. The lowest BCUT2D eigenvalue weighted by Gasteiger charge is -2.19. The van der Waals surface area contributed by atoms with Gasteiger partial charge in [0, 0.05) is 11.5 Å². The van der Waals surface area contributed by atoms with Crippen molar-refractivity contribution in [2.75, 3.05) is 0 Å². The highest BCUT2D eigenvalue weighted by atomic mass is 16.5. The molecule has 0 bridgehead atoms. The van der Waals surface area contributed by atoms with Gasteiger partial charge in [-0.05, 0) is 6.07 Å². The summed E-state index contributed by atoms with van der Waals surface area (Å²) in [6.45, 7) is 3.39. The molecule has 0 aliphatic heterocycles. The van der Waals surface area contributed by atoms with E-state index >= 15 is 0 Å². The maximum Gasteiger partial charge on any atom is 0.345 e. The summed E-state index contributed by atoms with van der Waals surface area (Å²) in [5.41, 5.74) is 0.592. The molecule has 0 fully saturated rings. The Labute approximate surface area is 94.5 Å². The number of hydrogen-bond donors (Lipinski definition) is 2. The Morgan fingerprint density at radius 3 is 2.50 bits per heavy atom. The van der Waals surface area contributed by atoms with Gasteiger partial charge in [-0.2, -0.15) is 0 Å². The van der Waals surface area contributed by atoms with Crippen LogP contribution in [-0.4, -0.2) is 22.3 Å². The summed E-state index contributed by atoms with van der Waals surface area (Å²) in [6, 6.07) is 6.87. The molecule has 1 unspecified atom stereocenters. The van der Waals surface area contributed by atoms with Crippen molar-refractivity contribution in [3.05, 3.63) is 29.8 Å². The van der Waals surface area contributed by atoms with Crippen molar-refractivity contribution in [1.82, 2.24) is 0 Å². The predicted molar refractivity (Wildman–Crippen MR) is 59.3 cm³/mol. The van der Waals surface area contributed by atoms with E-state index in [0.29, 0.717) is 11.3 Å². The van der Waals surface area contributed by atoms with Gasteiger partial charge in [-0.15, -0.1) is 0 Å². The van der Waals surface area contributed by atoms with Crippen LogP contribution < -0.4 is 4.74 Å². The molecule has 2 N–H and O–H groups in total. The molecule has 4 heteroatoms. The van der Waals surface area contributed by atoms with Gasteiger partial charge in [0.2, 0.25) is 0 Å². The highest BCUT2D eigenvalue weighted by Gasteiger charge is 2.24. The minimum Gasteiger partial charge on any atom is -0.478 e. The smallest absolute Gasteiger partial charge is 0.345 e. The fourth-order valence-electron chi connectivity index (χ4n) is 1.36. The number of aliphatic hydroxyl groups excluding tert-OH is 1. The first-order valence-corrected chi connectivity index (χ1v) is 5.14. The monoisotopic (exact) mass is 224 g/mol. The van der Waals surface area contributed by atoms with Crippen LogP contribution in [0.25, 0.3) is 0 Å². The maximum atomic E-state index is 11.0. The molecule has 88 valence electrons. The molecule has 0 saturated heterocycles. The minimum atomic E-state index is -0.997. The molecule has 0 radical (unpaired) electrons. The quantitative estimate of drug-likeness (QED) is 0.798. The summed E-state index contributed by atoms with van der Waals surface area (Å²) in [7, 11) is 0. The average molecular weight is 224 g/mol. The van der Waals surface area contributed by atoms with Gasteiger partial charge < -0.3 is 14.9 Å². The maximum absolute atomic E-state index is 11.0. The van der Waals surface area contributed by atoms with Crippen LogP contribution in [0.1, 0.15) is 19.4 Å². The van der Waals surface area contributed by atoms with Crippen LogP contribution in [0.4, 0.5) is 0 Å². The first-order chi connectivity index (χ1) is 7.56. The molecule has 0 aromatic heterocycles. The molecule has 4 nitrogen and oxygen atoms in total. The van der Waals surface area contributed by atoms with Crippen molar-refractivity contribution in [3.8, 4) is 5.75 Å². The molecular formula is C12H16O4. The van der Waals surface area contributed by atoms with Gasteiger partial charge in [-0.1, -0.05) is 32.0 Å². The van der Waals surface area contributed by atoms with Crippen molar-refractivity contribution in [2.45, 2.75) is 26.6 Å². The zero-order valence-corrected chi connectivity index (χ0v) is 9.38. The Kier molecular flexibility index (Phi) is 4.31. The van der Waals surface area contributed by atoms with Gasteiger partial charge in [0.25, 0.3) is 0 Å². The SMILES string of the molecule is CC(C)C(Oc1ccccc1CO)C(=O)O. The van der Waals surface area contributed by atoms with Crippen LogP contribution in [0.3, 0.4) is 0 Å². The molecule has 1 aromatic rings. The zero-order chi connectivity index (χ0) is 12.1. The molecule has 0 aliphatic carbocycles. The predicted octanol–water partition coefficient (Wildman–Crippen LogP) is 1.67. The molecule has 0 heterocycles. The summed E-state index contributed by atoms with van der Waals surface area (Å²) >= 11 is 0. The van der Waals surface area contributed by atoms with E-state index in [9.17, 15) is 4.79 Å². The molecule has 1 rings (SSSR count). The van der Waals surface area contributed by atoms with Gasteiger partial charge in [0.15, 0.2) is 6.10 Å². The van der Waals surface area contributed by atoms with Crippen molar-refractivity contribution in [2.24, 2.45) is 5.92 Å². The molecule has 0 saturated carbocycles. The summed E-state index contributed by atoms with van der Waals surface area (Å²) in [4.78, 5) is 11.0. The third-order valence-corrected chi connectivity index (χ3v) is 2.25. The van der Waals surface area contributed by atoms with E-state index in [1.807, 2.05) is 0 Å². The molecular weight excluding hydrogens is 208 g/mol. The van der Waals surface area contributed by atoms with E-state index in [1.165, 1.54) is 0 Å². The second kappa shape index (κ2) is 5.51. The molecule has 16 heavy (non-hydrogen) atoms. The Morgan fingerprint density at radius 1 is 1.38 bits per heavy atom. The van der Waals surface area contributed by atoms with Crippen molar-refractivity contribution < 1.29 is 19.7 Å². The van der Waals surface area contributed by atoms with E-state index in [4.69, 9.17) is 14.9 Å². The van der Waals surface area contributed by atoms with Crippen LogP contribution in [0, 0.1) is 5.92 Å². The van der Waals surface area contributed by atoms with Gasteiger partial charge >= 0.3 is 5.97 Å². The number of benzene rings is 1. The van der Waals surface area contributed by atoms with E-state index in [2.05, 4.69) is 0 Å². The van der Waals surface area contributed by atoms with E-state index < -0.39 is 12.1 Å². The Hall–Kier alpha value is -1.55. The number of aliphatic hydroxyl groups is 1. The van der Waals surface area contributed by atoms with E-state index in [0.717, 1.165) is 0 Å². The second-order valence-corrected chi connectivity index (χ2v) is 3.89. The highest BCUT2D eigenvalue weighted by molar-refractivity contribution is 5.73. The normalized spacial score (nSPS) is 12.5. The van der Waals surface area contributed by atoms with Gasteiger partial charge in [-0.3, -0.25) is 0 Å². The minimum absolute atomic E-state index is 0.135. The van der Waals surface area contributed by atoms with Gasteiger partial charge in [0.1, 0.15) is 5.75 Å². The van der Waals surface area contributed by atoms with Crippen LogP contribution >= 0.6 is 0 Å². The standard InChI is InChI=1S/C12H16O4/c1-8(2)11(12(14)15)16-10-6-4-3-5-9(10)7-13/h3-6,8,11,13H,7H2,1-2H3,(H,14,15). The summed E-state index contributed by atoms with van der Waals surface area (Å²) in [5, 5.41) is 18.1. The lowest BCUT2D eigenvalue weighted by Crippen LogP contribution is -2.32. The molecule has 1 aromatic carbocycles. The largest absolute Gasteiger partial charge is 0.478 e. The number of aliphatic carboxylic acids is 1. The van der Waals surface area contributed by atoms with Gasteiger partial charge in [0.05, 0.1) is 6.61 Å². The van der Waals surface area contributed by atoms with Crippen LogP contribution in [0.5, 0.6) is 5.75 Å². The van der Waals surface area contributed by atoms with E-state index in [1.54, 1.807) is 38.1 Å². The number of carboxylic acid groups (broad SMARTS) is 1. The topological polar surface area (TPSA) is 66.8 Å². The summed E-state index contributed by atoms with van der Waals surface area (Å²) < 4.78 is 5.40. The molecule has 1 atom stereocenters. The third-order valence-electron chi connectivity index (χ3n) is 2.25. The highest BCUT2D eigenvalue weighted by Crippen LogP contribution is 2.21. The third kappa shape index (κ3) is 2.97. The molecule has 0 spiro atoms. The van der Waals surface area contributed by atoms with Gasteiger partial charge in [-0.25, -0.2) is 4.79 Å². The van der Waals surface area contributed by atoms with E-state index in [-0.39, 0.29) is 12.5 Å². The zero-order valence-electron chi connectivity index (χ0n) is 9.38. The number of carboxylic acids is 1. The number of carbonyl (C=O) groups is 1. The fourth-order valence-corrected chi connectivity index (χ4v) is 1.36. The molecule has 0 aliphatic rings. The summed E-state index contributed by atoms with van der Waals surface area (Å²) in [6.07, 6.45) is -0.896. The van der Waals surface area contributed by atoms with Crippen molar-refractivity contribution >= 4 is 5.97 Å². The Morgan fingerprint density at radius 2 is 2.00 bits per heavy atom. The van der Waals surface area contributed by atoms with Crippen molar-refractivity contribution in [3.63, 3.8) is 0 Å². The first kappa shape index (κ1) is 12.5. The van der Waals surface area contributed by atoms with Crippen LogP contribution in [0.15, 0.2) is 24.3 Å². The second-order valence-electron chi connectivity index (χ2n) is 3.89. The Balaban J connectivity index is 2.89. The Bertz CT molecular complexity index is 360.